The molecule has 1 heterocycles. The van der Waals surface area contributed by atoms with Crippen molar-refractivity contribution in [1.29, 1.82) is 0 Å². The summed E-state index contributed by atoms with van der Waals surface area (Å²) in [7, 11) is 1.69. The Labute approximate surface area is 127 Å². The van der Waals surface area contributed by atoms with Crippen LogP contribution < -0.4 is 10.1 Å². The highest BCUT2D eigenvalue weighted by atomic mass is 16.5. The van der Waals surface area contributed by atoms with Crippen LogP contribution in [0.2, 0.25) is 0 Å². The maximum absolute atomic E-state index is 5.79. The van der Waals surface area contributed by atoms with Gasteiger partial charge in [-0.1, -0.05) is 19.1 Å². The molecule has 1 atom stereocenters. The van der Waals surface area contributed by atoms with Crippen molar-refractivity contribution < 1.29 is 9.15 Å². The highest BCUT2D eigenvalue weighted by Gasteiger charge is 2.20. The average Bonchev–Trinajstić information content (AvgIpc) is 2.72. The highest BCUT2D eigenvalue weighted by molar-refractivity contribution is 5.36. The molecule has 0 saturated carbocycles. The Morgan fingerprint density at radius 2 is 1.76 bits per heavy atom. The molecule has 0 aliphatic rings. The first-order valence-electron chi connectivity index (χ1n) is 7.49. The molecule has 1 aromatic carbocycles. The zero-order chi connectivity index (χ0) is 15.4. The number of furan rings is 1. The number of ether oxygens (including phenoxy) is 1. The lowest BCUT2D eigenvalue weighted by Crippen LogP contribution is -2.24. The predicted molar refractivity (Wildman–Crippen MR) is 86.0 cm³/mol. The molecule has 114 valence electrons. The van der Waals surface area contributed by atoms with Crippen molar-refractivity contribution in [2.75, 3.05) is 13.7 Å². The summed E-state index contributed by atoms with van der Waals surface area (Å²) in [5.74, 6) is 2.93. The Morgan fingerprint density at radius 1 is 1.10 bits per heavy atom. The standard InChI is InChI=1S/C18H25NO2/c1-6-19-17(18-12(2)13(3)21-14(18)4)11-15-7-9-16(20-5)10-8-15/h7-10,17,19H,6,11H2,1-5H3. The van der Waals surface area contributed by atoms with Crippen LogP contribution >= 0.6 is 0 Å². The van der Waals surface area contributed by atoms with Crippen LogP contribution in [0.5, 0.6) is 5.75 Å². The van der Waals surface area contributed by atoms with Gasteiger partial charge in [0.1, 0.15) is 17.3 Å². The fourth-order valence-electron chi connectivity index (χ4n) is 2.84. The van der Waals surface area contributed by atoms with Crippen molar-refractivity contribution in [3.05, 3.63) is 52.5 Å². The van der Waals surface area contributed by atoms with Crippen molar-refractivity contribution >= 4 is 0 Å². The molecule has 0 amide bonds. The van der Waals surface area contributed by atoms with Crippen molar-refractivity contribution in [1.82, 2.24) is 5.32 Å². The van der Waals surface area contributed by atoms with E-state index in [1.54, 1.807) is 7.11 Å². The molecule has 0 radical (unpaired) electrons. The van der Waals surface area contributed by atoms with Crippen LogP contribution in [0.1, 0.15) is 41.2 Å². The second-order valence-electron chi connectivity index (χ2n) is 5.42. The van der Waals surface area contributed by atoms with Crippen LogP contribution in [-0.2, 0) is 6.42 Å². The summed E-state index contributed by atoms with van der Waals surface area (Å²) in [4.78, 5) is 0. The Bertz CT molecular complexity index is 584. The summed E-state index contributed by atoms with van der Waals surface area (Å²) in [6, 6.07) is 8.56. The van der Waals surface area contributed by atoms with E-state index in [0.29, 0.717) is 0 Å². The molecule has 1 N–H and O–H groups in total. The predicted octanol–water partition coefficient (Wildman–Crippen LogP) is 4.11. The first-order valence-corrected chi connectivity index (χ1v) is 7.49. The number of methoxy groups -OCH3 is 1. The van der Waals surface area contributed by atoms with Gasteiger partial charge in [0.15, 0.2) is 0 Å². The molecule has 2 aromatic rings. The Morgan fingerprint density at radius 3 is 2.24 bits per heavy atom. The Kier molecular flexibility index (Phi) is 5.07. The number of hydrogen-bond donors (Lipinski definition) is 1. The zero-order valence-electron chi connectivity index (χ0n) is 13.6. The van der Waals surface area contributed by atoms with Gasteiger partial charge in [-0.25, -0.2) is 0 Å². The van der Waals surface area contributed by atoms with E-state index in [9.17, 15) is 0 Å². The van der Waals surface area contributed by atoms with E-state index in [0.717, 1.165) is 30.2 Å². The monoisotopic (exact) mass is 287 g/mol. The molecule has 1 aromatic heterocycles. The number of rotatable bonds is 6. The number of aryl methyl sites for hydroxylation is 2. The van der Waals surface area contributed by atoms with E-state index in [1.807, 2.05) is 26.0 Å². The van der Waals surface area contributed by atoms with E-state index in [-0.39, 0.29) is 6.04 Å². The summed E-state index contributed by atoms with van der Waals surface area (Å²) >= 11 is 0. The maximum atomic E-state index is 5.79. The molecule has 0 aliphatic heterocycles. The molecule has 0 fully saturated rings. The average molecular weight is 287 g/mol. The minimum Gasteiger partial charge on any atom is -0.497 e. The van der Waals surface area contributed by atoms with Crippen LogP contribution in [0.15, 0.2) is 28.7 Å². The fraction of sp³-hybridized carbons (Fsp3) is 0.444. The third kappa shape index (κ3) is 3.48. The van der Waals surface area contributed by atoms with Crippen LogP contribution in [0, 0.1) is 20.8 Å². The smallest absolute Gasteiger partial charge is 0.118 e. The van der Waals surface area contributed by atoms with Crippen molar-refractivity contribution in [2.45, 2.75) is 40.2 Å². The maximum Gasteiger partial charge on any atom is 0.118 e. The summed E-state index contributed by atoms with van der Waals surface area (Å²) < 4.78 is 11.0. The van der Waals surface area contributed by atoms with Gasteiger partial charge in [-0.3, -0.25) is 0 Å². The van der Waals surface area contributed by atoms with E-state index < -0.39 is 0 Å². The number of likely N-dealkylation sites (N-methyl/N-ethyl adjacent to an activating group) is 1. The Hall–Kier alpha value is -1.74. The van der Waals surface area contributed by atoms with Crippen LogP contribution in [-0.4, -0.2) is 13.7 Å². The molecule has 2 rings (SSSR count). The third-order valence-corrected chi connectivity index (χ3v) is 4.02. The van der Waals surface area contributed by atoms with Gasteiger partial charge in [0, 0.05) is 11.6 Å². The van der Waals surface area contributed by atoms with E-state index in [2.05, 4.69) is 31.3 Å². The zero-order valence-corrected chi connectivity index (χ0v) is 13.6. The second-order valence-corrected chi connectivity index (χ2v) is 5.42. The summed E-state index contributed by atoms with van der Waals surface area (Å²) in [6.45, 7) is 9.29. The van der Waals surface area contributed by atoms with Gasteiger partial charge in [0.25, 0.3) is 0 Å². The molecule has 0 saturated heterocycles. The fourth-order valence-corrected chi connectivity index (χ4v) is 2.84. The van der Waals surface area contributed by atoms with Crippen molar-refractivity contribution in [3.8, 4) is 5.75 Å². The molecule has 21 heavy (non-hydrogen) atoms. The largest absolute Gasteiger partial charge is 0.497 e. The molecule has 3 nitrogen and oxygen atoms in total. The van der Waals surface area contributed by atoms with Gasteiger partial charge in [0.2, 0.25) is 0 Å². The molecule has 0 aliphatic carbocycles. The minimum atomic E-state index is 0.279. The normalized spacial score (nSPS) is 12.4. The second kappa shape index (κ2) is 6.81. The lowest BCUT2D eigenvalue weighted by Gasteiger charge is -2.19. The third-order valence-electron chi connectivity index (χ3n) is 4.02. The molecule has 1 unspecified atom stereocenters. The lowest BCUT2D eigenvalue weighted by molar-refractivity contribution is 0.414. The quantitative estimate of drug-likeness (QED) is 0.868. The van der Waals surface area contributed by atoms with Crippen molar-refractivity contribution in [2.24, 2.45) is 0 Å². The number of hydrogen-bond acceptors (Lipinski definition) is 3. The van der Waals surface area contributed by atoms with Crippen LogP contribution in [0.4, 0.5) is 0 Å². The van der Waals surface area contributed by atoms with E-state index >= 15 is 0 Å². The highest BCUT2D eigenvalue weighted by Crippen LogP contribution is 2.29. The molecule has 0 spiro atoms. The van der Waals surface area contributed by atoms with Gasteiger partial charge in [-0.2, -0.15) is 0 Å². The lowest BCUT2D eigenvalue weighted by atomic mass is 9.95. The number of nitrogens with one attached hydrogen (secondary N) is 1. The first-order chi connectivity index (χ1) is 10.1. The van der Waals surface area contributed by atoms with E-state index in [1.165, 1.54) is 16.7 Å². The SMILES string of the molecule is CCNC(Cc1ccc(OC)cc1)c1c(C)oc(C)c1C. The molecule has 3 heteroatoms. The number of benzene rings is 1. The van der Waals surface area contributed by atoms with Gasteiger partial charge < -0.3 is 14.5 Å². The Balaban J connectivity index is 2.26. The van der Waals surface area contributed by atoms with Crippen molar-refractivity contribution in [3.63, 3.8) is 0 Å². The van der Waals surface area contributed by atoms with Gasteiger partial charge in [0.05, 0.1) is 7.11 Å². The first kappa shape index (κ1) is 15.6. The molecular formula is C18H25NO2. The summed E-state index contributed by atoms with van der Waals surface area (Å²) in [5, 5.41) is 3.58. The summed E-state index contributed by atoms with van der Waals surface area (Å²) in [5.41, 5.74) is 3.84. The summed E-state index contributed by atoms with van der Waals surface area (Å²) in [6.07, 6.45) is 0.943. The van der Waals surface area contributed by atoms with Gasteiger partial charge >= 0.3 is 0 Å². The minimum absolute atomic E-state index is 0.279. The molecular weight excluding hydrogens is 262 g/mol. The van der Waals surface area contributed by atoms with Gasteiger partial charge in [-0.15, -0.1) is 0 Å². The topological polar surface area (TPSA) is 34.4 Å². The van der Waals surface area contributed by atoms with Gasteiger partial charge in [-0.05, 0) is 57.0 Å². The van der Waals surface area contributed by atoms with E-state index in [4.69, 9.17) is 9.15 Å². The molecule has 0 bridgehead atoms. The van der Waals surface area contributed by atoms with Crippen LogP contribution in [0.3, 0.4) is 0 Å². The van der Waals surface area contributed by atoms with Crippen LogP contribution in [0.25, 0.3) is 0 Å².